The van der Waals surface area contributed by atoms with Crippen molar-refractivity contribution in [2.45, 2.75) is 82.3 Å². The molecule has 0 radical (unpaired) electrons. The SMILES string of the molecule is C[C@@H](NC[C@H](O)c1cc(O)cc2c1OCC(=O)N2)c1ccc(OCCC[N+]23CCC(CC2)[C@@H](OC[C@@](O)(c2ccccc2)C2CCCC2)C3)c(CO)c1.[Br-]. The molecule has 11 nitrogen and oxygen atoms in total. The second-order valence-electron chi connectivity index (χ2n) is 15.8. The Labute approximate surface area is 329 Å². The van der Waals surface area contributed by atoms with Crippen molar-refractivity contribution in [3.63, 3.8) is 0 Å². The molecule has 1 saturated carbocycles. The molecule has 5 aliphatic rings. The van der Waals surface area contributed by atoms with Gasteiger partial charge >= 0.3 is 0 Å². The van der Waals surface area contributed by atoms with Crippen LogP contribution >= 0.6 is 0 Å². The zero-order valence-electron chi connectivity index (χ0n) is 31.2. The molecule has 54 heavy (non-hydrogen) atoms. The van der Waals surface area contributed by atoms with Crippen LogP contribution in [0, 0.1) is 11.8 Å². The van der Waals surface area contributed by atoms with Gasteiger partial charge in [-0.2, -0.15) is 0 Å². The molecule has 8 rings (SSSR count). The molecule has 1 aliphatic carbocycles. The van der Waals surface area contributed by atoms with Crippen molar-refractivity contribution in [3.05, 3.63) is 82.9 Å². The highest BCUT2D eigenvalue weighted by atomic mass is 79.9. The number of nitrogens with zero attached hydrogens (tertiary/aromatic N) is 1. The first-order chi connectivity index (χ1) is 25.7. The first-order valence-electron chi connectivity index (χ1n) is 19.5. The number of nitrogens with one attached hydrogen (secondary N) is 2. The Kier molecular flexibility index (Phi) is 13.3. The summed E-state index contributed by atoms with van der Waals surface area (Å²) in [5, 5.41) is 49.4. The quantitative estimate of drug-likeness (QED) is 0.0946. The maximum absolute atomic E-state index is 12.1. The predicted octanol–water partition coefficient (Wildman–Crippen LogP) is 2.08. The number of phenolic OH excluding ortho intramolecular Hbond substituents is 1. The summed E-state index contributed by atoms with van der Waals surface area (Å²) in [6, 6.07) is 18.6. The first kappa shape index (κ1) is 40.4. The van der Waals surface area contributed by atoms with Crippen molar-refractivity contribution in [3.8, 4) is 17.2 Å². The summed E-state index contributed by atoms with van der Waals surface area (Å²) in [7, 11) is 0. The number of phenols is 1. The van der Waals surface area contributed by atoms with Crippen LogP contribution in [0.15, 0.2) is 60.7 Å². The summed E-state index contributed by atoms with van der Waals surface area (Å²) in [6.45, 7) is 7.04. The molecule has 0 unspecified atom stereocenters. The molecule has 0 aromatic heterocycles. The largest absolute Gasteiger partial charge is 1.00 e. The second-order valence-corrected chi connectivity index (χ2v) is 15.8. The number of aliphatic hydroxyl groups is 3. The van der Waals surface area contributed by atoms with Gasteiger partial charge in [-0.25, -0.2) is 0 Å². The summed E-state index contributed by atoms with van der Waals surface area (Å²) in [4.78, 5) is 11.7. The van der Waals surface area contributed by atoms with Gasteiger partial charge < -0.3 is 66.7 Å². The van der Waals surface area contributed by atoms with E-state index >= 15 is 0 Å². The number of anilines is 1. The summed E-state index contributed by atoms with van der Waals surface area (Å²) in [6.07, 6.45) is 6.79. The fourth-order valence-corrected chi connectivity index (χ4v) is 9.22. The van der Waals surface area contributed by atoms with E-state index in [2.05, 4.69) is 22.8 Å². The number of piperidine rings is 3. The number of amides is 1. The molecule has 3 saturated heterocycles. The van der Waals surface area contributed by atoms with Gasteiger partial charge in [-0.15, -0.1) is 0 Å². The summed E-state index contributed by atoms with van der Waals surface area (Å²) < 4.78 is 19.6. The first-order valence-corrected chi connectivity index (χ1v) is 19.5. The smallest absolute Gasteiger partial charge is 0.262 e. The highest BCUT2D eigenvalue weighted by Gasteiger charge is 2.48. The van der Waals surface area contributed by atoms with Crippen LogP contribution in [-0.4, -0.2) is 89.5 Å². The predicted molar refractivity (Wildman–Crippen MR) is 201 cm³/mol. The number of carbonyl (C=O) groups is 1. The van der Waals surface area contributed by atoms with Crippen LogP contribution in [0.1, 0.15) is 86.3 Å². The van der Waals surface area contributed by atoms with E-state index in [9.17, 15) is 25.2 Å². The van der Waals surface area contributed by atoms with Crippen molar-refractivity contribution in [2.24, 2.45) is 11.8 Å². The van der Waals surface area contributed by atoms with E-state index in [1.807, 2.05) is 43.3 Å². The zero-order valence-corrected chi connectivity index (χ0v) is 32.8. The Morgan fingerprint density at radius 1 is 1.06 bits per heavy atom. The number of fused-ring (bicyclic) bond motifs is 4. The topological polar surface area (TPSA) is 150 Å². The Morgan fingerprint density at radius 3 is 2.56 bits per heavy atom. The normalized spacial score (nSPS) is 24.4. The van der Waals surface area contributed by atoms with Crippen molar-refractivity contribution in [1.29, 1.82) is 0 Å². The lowest BCUT2D eigenvalue weighted by Gasteiger charge is -2.53. The van der Waals surface area contributed by atoms with Crippen molar-refractivity contribution >= 4 is 11.6 Å². The average molecular weight is 811 g/mol. The summed E-state index contributed by atoms with van der Waals surface area (Å²) in [5.74, 6) is 1.41. The minimum absolute atomic E-state index is 0. The average Bonchev–Trinajstić information content (AvgIpc) is 3.74. The van der Waals surface area contributed by atoms with Crippen LogP contribution < -0.4 is 37.1 Å². The van der Waals surface area contributed by atoms with Gasteiger partial charge in [0.15, 0.2) is 6.61 Å². The summed E-state index contributed by atoms with van der Waals surface area (Å²) >= 11 is 0. The fourth-order valence-electron chi connectivity index (χ4n) is 9.22. The van der Waals surface area contributed by atoms with Gasteiger partial charge in [0.2, 0.25) is 0 Å². The van der Waals surface area contributed by atoms with Gasteiger partial charge in [-0.05, 0) is 55.0 Å². The van der Waals surface area contributed by atoms with Gasteiger partial charge in [0.05, 0.1) is 51.2 Å². The minimum atomic E-state index is -0.999. The van der Waals surface area contributed by atoms with Gasteiger partial charge in [-0.3, -0.25) is 4.79 Å². The molecule has 4 heterocycles. The zero-order chi connectivity index (χ0) is 37.0. The van der Waals surface area contributed by atoms with Crippen LogP contribution in [0.4, 0.5) is 5.69 Å². The molecule has 12 heteroatoms. The molecule has 3 aromatic carbocycles. The number of rotatable bonds is 16. The Hall–Kier alpha value is -3.23. The lowest BCUT2D eigenvalue weighted by Crippen LogP contribution is -3.00. The fraction of sp³-hybridized carbons (Fsp3) is 0.548. The number of quaternary nitrogens is 1. The highest BCUT2D eigenvalue weighted by Crippen LogP contribution is 2.43. The van der Waals surface area contributed by atoms with Crippen LogP contribution in [0.5, 0.6) is 17.2 Å². The van der Waals surface area contributed by atoms with E-state index in [0.717, 1.165) is 73.9 Å². The van der Waals surface area contributed by atoms with Gasteiger partial charge in [0.1, 0.15) is 35.5 Å². The van der Waals surface area contributed by atoms with Crippen LogP contribution in [0.25, 0.3) is 0 Å². The molecular formula is C42H56BrN3O8. The lowest BCUT2D eigenvalue weighted by atomic mass is 9.80. The molecule has 0 spiro atoms. The molecular weight excluding hydrogens is 754 g/mol. The molecule has 4 fully saturated rings. The van der Waals surface area contributed by atoms with E-state index in [0.29, 0.717) is 47.4 Å². The third-order valence-electron chi connectivity index (χ3n) is 12.4. The number of hydrogen-bond acceptors (Lipinski definition) is 9. The number of benzene rings is 3. The molecule has 2 bridgehead atoms. The number of hydrogen-bond donors (Lipinski definition) is 6. The molecule has 4 atom stereocenters. The second kappa shape index (κ2) is 17.7. The van der Waals surface area contributed by atoms with Crippen LogP contribution in [0.2, 0.25) is 0 Å². The molecule has 6 N–H and O–H groups in total. The van der Waals surface area contributed by atoms with Crippen LogP contribution in [0.3, 0.4) is 0 Å². The number of halogens is 1. The maximum atomic E-state index is 12.1. The maximum Gasteiger partial charge on any atom is 0.262 e. The van der Waals surface area contributed by atoms with Crippen molar-refractivity contribution in [2.75, 3.05) is 57.9 Å². The van der Waals surface area contributed by atoms with Crippen molar-refractivity contribution < 1.29 is 60.9 Å². The number of carbonyl (C=O) groups excluding carboxylic acids is 1. The number of aromatic hydroxyl groups is 1. The third kappa shape index (κ3) is 8.91. The van der Waals surface area contributed by atoms with Gasteiger partial charge in [-0.1, -0.05) is 49.2 Å². The summed E-state index contributed by atoms with van der Waals surface area (Å²) in [5.41, 5.74) is 2.39. The third-order valence-corrected chi connectivity index (χ3v) is 12.4. The van der Waals surface area contributed by atoms with E-state index < -0.39 is 11.7 Å². The van der Waals surface area contributed by atoms with E-state index in [-0.39, 0.29) is 66.5 Å². The Morgan fingerprint density at radius 2 is 1.81 bits per heavy atom. The van der Waals surface area contributed by atoms with E-state index in [4.69, 9.17) is 14.2 Å². The van der Waals surface area contributed by atoms with Crippen molar-refractivity contribution in [1.82, 2.24) is 5.32 Å². The minimum Gasteiger partial charge on any atom is -1.00 e. The number of aliphatic hydroxyl groups excluding tert-OH is 2. The molecule has 4 aliphatic heterocycles. The van der Waals surface area contributed by atoms with Gasteiger partial charge in [0, 0.05) is 55.0 Å². The van der Waals surface area contributed by atoms with Gasteiger partial charge in [0.25, 0.3) is 5.91 Å². The Balaban J connectivity index is 0.00000497. The van der Waals surface area contributed by atoms with Crippen LogP contribution in [-0.2, 0) is 21.7 Å². The number of ether oxygens (including phenoxy) is 3. The molecule has 3 aromatic rings. The monoisotopic (exact) mass is 809 g/mol. The van der Waals surface area contributed by atoms with E-state index in [1.165, 1.54) is 25.0 Å². The Bertz CT molecular complexity index is 1720. The molecule has 294 valence electrons. The highest BCUT2D eigenvalue weighted by molar-refractivity contribution is 5.96. The lowest BCUT2D eigenvalue weighted by molar-refractivity contribution is -0.946. The standard InChI is InChI=1S/C42H55N3O8.BrH/c1-28(43-23-37(48)35-21-34(47)22-36-41(35)52-26-40(49)44-36)30-12-13-38(31(20-30)25-46)51-19-7-16-45-17-14-29(15-18-45)39(24-45)53-27-42(50,33-10-5-6-11-33)32-8-3-2-4-9-32;/h2-4,8-9,12-13,20-22,28-29,33,37,39,43,46,48,50H,5-7,10-11,14-19,23-27H2,1H3,(H-,44,47,49);1H/t28-,29?,37+,39+,42-,45?;/m1./s1. The van der Waals surface area contributed by atoms with E-state index in [1.54, 1.807) is 0 Å². The molecule has 1 amide bonds.